The SMILES string of the molecule is COc1cc(CNCc2csc(=O)[nH]2)cc(Br)c1OC. The molecule has 2 aromatic rings. The monoisotopic (exact) mass is 358 g/mol. The summed E-state index contributed by atoms with van der Waals surface area (Å²) in [4.78, 5) is 13.7. The van der Waals surface area contributed by atoms with Crippen LogP contribution in [0.5, 0.6) is 11.5 Å². The van der Waals surface area contributed by atoms with Gasteiger partial charge in [0.1, 0.15) is 0 Å². The van der Waals surface area contributed by atoms with Gasteiger partial charge in [0.15, 0.2) is 11.5 Å². The Balaban J connectivity index is 2.02. The lowest BCUT2D eigenvalue weighted by molar-refractivity contribution is 0.352. The van der Waals surface area contributed by atoms with Crippen molar-refractivity contribution in [3.05, 3.63) is 42.9 Å². The smallest absolute Gasteiger partial charge is 0.304 e. The van der Waals surface area contributed by atoms with E-state index < -0.39 is 0 Å². The summed E-state index contributed by atoms with van der Waals surface area (Å²) in [5, 5.41) is 5.09. The van der Waals surface area contributed by atoms with E-state index in [0.29, 0.717) is 24.6 Å². The number of ether oxygens (including phenoxy) is 2. The second-order valence-corrected chi connectivity index (χ2v) is 5.79. The number of thiazole rings is 1. The number of nitrogens with one attached hydrogen (secondary N) is 2. The average Bonchev–Trinajstić information content (AvgIpc) is 2.83. The summed E-state index contributed by atoms with van der Waals surface area (Å²) in [7, 11) is 3.21. The Morgan fingerprint density at radius 1 is 1.30 bits per heavy atom. The maximum Gasteiger partial charge on any atom is 0.304 e. The van der Waals surface area contributed by atoms with Gasteiger partial charge in [0, 0.05) is 24.2 Å². The first-order valence-electron chi connectivity index (χ1n) is 5.92. The Bertz CT molecular complexity index is 639. The van der Waals surface area contributed by atoms with Crippen LogP contribution in [0.3, 0.4) is 0 Å². The minimum atomic E-state index is -0.0318. The first-order valence-corrected chi connectivity index (χ1v) is 7.59. The van der Waals surface area contributed by atoms with Crippen molar-refractivity contribution in [2.24, 2.45) is 0 Å². The van der Waals surface area contributed by atoms with Crippen LogP contribution in [0.1, 0.15) is 11.3 Å². The molecule has 1 aromatic heterocycles. The van der Waals surface area contributed by atoms with E-state index in [9.17, 15) is 4.79 Å². The highest BCUT2D eigenvalue weighted by Gasteiger charge is 2.10. The van der Waals surface area contributed by atoms with E-state index in [1.54, 1.807) is 14.2 Å². The molecule has 0 saturated carbocycles. The molecule has 20 heavy (non-hydrogen) atoms. The summed E-state index contributed by atoms with van der Waals surface area (Å²) in [6, 6.07) is 3.90. The minimum Gasteiger partial charge on any atom is -0.493 e. The lowest BCUT2D eigenvalue weighted by atomic mass is 10.2. The highest BCUT2D eigenvalue weighted by atomic mass is 79.9. The number of aromatic amines is 1. The molecule has 5 nitrogen and oxygen atoms in total. The number of H-pyrrole nitrogens is 1. The van der Waals surface area contributed by atoms with Crippen molar-refractivity contribution in [3.63, 3.8) is 0 Å². The van der Waals surface area contributed by atoms with Crippen LogP contribution in [0.2, 0.25) is 0 Å². The standard InChI is InChI=1S/C13H15BrN2O3S/c1-18-11-4-8(3-10(14)12(11)19-2)5-15-6-9-7-20-13(17)16-9/h3-4,7,15H,5-6H2,1-2H3,(H,16,17). The van der Waals surface area contributed by atoms with Crippen molar-refractivity contribution >= 4 is 27.3 Å². The van der Waals surface area contributed by atoms with Crippen LogP contribution < -0.4 is 19.7 Å². The zero-order valence-electron chi connectivity index (χ0n) is 11.2. The fourth-order valence-electron chi connectivity index (χ4n) is 1.82. The van der Waals surface area contributed by atoms with Crippen LogP contribution in [0.4, 0.5) is 0 Å². The van der Waals surface area contributed by atoms with Crippen molar-refractivity contribution in [2.45, 2.75) is 13.1 Å². The van der Waals surface area contributed by atoms with Gasteiger partial charge in [-0.25, -0.2) is 0 Å². The average molecular weight is 359 g/mol. The Morgan fingerprint density at radius 3 is 2.70 bits per heavy atom. The van der Waals surface area contributed by atoms with Gasteiger partial charge in [-0.2, -0.15) is 0 Å². The molecule has 0 amide bonds. The van der Waals surface area contributed by atoms with Gasteiger partial charge in [-0.3, -0.25) is 4.79 Å². The summed E-state index contributed by atoms with van der Waals surface area (Å²) < 4.78 is 11.4. The zero-order valence-corrected chi connectivity index (χ0v) is 13.6. The molecule has 1 heterocycles. The van der Waals surface area contributed by atoms with Crippen LogP contribution >= 0.6 is 27.3 Å². The second kappa shape index (κ2) is 6.92. The Hall–Kier alpha value is -1.31. The van der Waals surface area contributed by atoms with Crippen molar-refractivity contribution in [1.29, 1.82) is 0 Å². The lowest BCUT2D eigenvalue weighted by Gasteiger charge is -2.12. The zero-order chi connectivity index (χ0) is 14.5. The van der Waals surface area contributed by atoms with Crippen LogP contribution in [-0.4, -0.2) is 19.2 Å². The van der Waals surface area contributed by atoms with Crippen molar-refractivity contribution < 1.29 is 9.47 Å². The maximum absolute atomic E-state index is 11.0. The minimum absolute atomic E-state index is 0.0318. The Morgan fingerprint density at radius 2 is 2.10 bits per heavy atom. The van der Waals surface area contributed by atoms with Gasteiger partial charge in [0.25, 0.3) is 0 Å². The number of benzene rings is 1. The largest absolute Gasteiger partial charge is 0.493 e. The number of rotatable bonds is 6. The summed E-state index contributed by atoms with van der Waals surface area (Å²) in [6.07, 6.45) is 0. The molecular weight excluding hydrogens is 344 g/mol. The van der Waals surface area contributed by atoms with E-state index in [2.05, 4.69) is 26.2 Å². The van der Waals surface area contributed by atoms with Gasteiger partial charge >= 0.3 is 4.87 Å². The van der Waals surface area contributed by atoms with Gasteiger partial charge in [-0.1, -0.05) is 11.3 Å². The van der Waals surface area contributed by atoms with E-state index in [0.717, 1.165) is 15.7 Å². The van der Waals surface area contributed by atoms with E-state index in [4.69, 9.17) is 9.47 Å². The topological polar surface area (TPSA) is 63.3 Å². The molecule has 0 aliphatic heterocycles. The highest BCUT2D eigenvalue weighted by Crippen LogP contribution is 2.36. The predicted molar refractivity (Wildman–Crippen MR) is 82.7 cm³/mol. The molecular formula is C13H15BrN2O3S. The lowest BCUT2D eigenvalue weighted by Crippen LogP contribution is -2.14. The molecule has 0 saturated heterocycles. The van der Waals surface area contributed by atoms with E-state index in [1.807, 2.05) is 17.5 Å². The van der Waals surface area contributed by atoms with Crippen molar-refractivity contribution in [1.82, 2.24) is 10.3 Å². The first kappa shape index (κ1) is 15.1. The third kappa shape index (κ3) is 3.62. The molecule has 1 aromatic carbocycles. The summed E-state index contributed by atoms with van der Waals surface area (Å²) in [5.41, 5.74) is 1.95. The number of methoxy groups -OCH3 is 2. The molecule has 0 aliphatic rings. The number of aromatic nitrogens is 1. The van der Waals surface area contributed by atoms with Crippen LogP contribution in [0.15, 0.2) is 26.8 Å². The fraction of sp³-hybridized carbons (Fsp3) is 0.308. The molecule has 0 radical (unpaired) electrons. The molecule has 0 spiro atoms. The van der Waals surface area contributed by atoms with Gasteiger partial charge in [-0.15, -0.1) is 0 Å². The van der Waals surface area contributed by atoms with Crippen LogP contribution in [0.25, 0.3) is 0 Å². The quantitative estimate of drug-likeness (QED) is 0.832. The Kier molecular flexibility index (Phi) is 5.22. The molecule has 0 atom stereocenters. The first-order chi connectivity index (χ1) is 9.63. The maximum atomic E-state index is 11.0. The third-order valence-electron chi connectivity index (χ3n) is 2.71. The normalized spacial score (nSPS) is 10.6. The number of hydrogen-bond acceptors (Lipinski definition) is 5. The summed E-state index contributed by atoms with van der Waals surface area (Å²) in [5.74, 6) is 1.36. The molecule has 2 N–H and O–H groups in total. The fourth-order valence-corrected chi connectivity index (χ4v) is 3.05. The van der Waals surface area contributed by atoms with Crippen molar-refractivity contribution in [3.8, 4) is 11.5 Å². The predicted octanol–water partition coefficient (Wildman–Crippen LogP) is 2.51. The van der Waals surface area contributed by atoms with E-state index in [-0.39, 0.29) is 4.87 Å². The van der Waals surface area contributed by atoms with Gasteiger partial charge in [0.05, 0.1) is 18.7 Å². The number of halogens is 1. The highest BCUT2D eigenvalue weighted by molar-refractivity contribution is 9.10. The molecule has 0 aliphatic carbocycles. The molecule has 0 bridgehead atoms. The van der Waals surface area contributed by atoms with Gasteiger partial charge in [0.2, 0.25) is 0 Å². The molecule has 0 unspecified atom stereocenters. The molecule has 2 rings (SSSR count). The van der Waals surface area contributed by atoms with E-state index in [1.165, 1.54) is 11.3 Å². The third-order valence-corrected chi connectivity index (χ3v) is 4.02. The molecule has 0 fully saturated rings. The van der Waals surface area contributed by atoms with Crippen LogP contribution in [-0.2, 0) is 13.1 Å². The van der Waals surface area contributed by atoms with Crippen LogP contribution in [0, 0.1) is 0 Å². The van der Waals surface area contributed by atoms with E-state index >= 15 is 0 Å². The molecule has 108 valence electrons. The summed E-state index contributed by atoms with van der Waals surface area (Å²) in [6.45, 7) is 1.28. The summed E-state index contributed by atoms with van der Waals surface area (Å²) >= 11 is 4.63. The van der Waals surface area contributed by atoms with Gasteiger partial charge < -0.3 is 19.8 Å². The Labute approximate surface area is 129 Å². The number of hydrogen-bond donors (Lipinski definition) is 2. The van der Waals surface area contributed by atoms with Crippen molar-refractivity contribution in [2.75, 3.05) is 14.2 Å². The van der Waals surface area contributed by atoms with Gasteiger partial charge in [-0.05, 0) is 33.6 Å². The second-order valence-electron chi connectivity index (χ2n) is 4.09. The molecule has 7 heteroatoms.